The van der Waals surface area contributed by atoms with Gasteiger partial charge in [-0.15, -0.1) is 0 Å². The molecule has 5 rings (SSSR count). The molecule has 2 saturated heterocycles. The number of piperazine rings is 1. The number of methoxy groups -OCH3 is 1. The minimum Gasteiger partial charge on any atom is -0.494 e. The van der Waals surface area contributed by atoms with Crippen molar-refractivity contribution in [3.05, 3.63) is 53.6 Å². The molecule has 0 aromatic heterocycles. The zero-order valence-corrected chi connectivity index (χ0v) is 21.6. The van der Waals surface area contributed by atoms with E-state index in [0.29, 0.717) is 24.5 Å². The number of nitrogens with one attached hydrogen (secondary N) is 1. The molecule has 1 N–H and O–H groups in total. The Morgan fingerprint density at radius 2 is 1.58 bits per heavy atom. The average molecular weight is 531 g/mol. The predicted molar refractivity (Wildman–Crippen MR) is 138 cm³/mol. The van der Waals surface area contributed by atoms with Crippen molar-refractivity contribution in [2.24, 2.45) is 17.8 Å². The molecule has 2 heterocycles. The number of benzene rings is 2. The second kappa shape index (κ2) is 10.5. The highest BCUT2D eigenvalue weighted by Gasteiger charge is 2.47. The molecule has 1 aliphatic carbocycles. The van der Waals surface area contributed by atoms with Gasteiger partial charge in [0.1, 0.15) is 5.75 Å². The Kier molecular flexibility index (Phi) is 7.26. The molecule has 7 nitrogen and oxygen atoms in total. The van der Waals surface area contributed by atoms with Crippen LogP contribution in [0.4, 0.5) is 24.5 Å². The standard InChI is InChI=1S/C28H33F3N4O3/c1-33-11-13-34(14-12-33)22-9-10-23(24(15-22)38-2)32-26(36)25-19-3-4-20(25)17-35(16-19)27(37)18-5-7-21(8-6-18)28(29,30)31/h5-10,15,19-20,25H,3-4,11-14,16-17H2,1-2H3,(H,32,36)/t19-,20+,25?. The maximum Gasteiger partial charge on any atom is 0.416 e. The van der Waals surface area contributed by atoms with Crippen LogP contribution in [0.2, 0.25) is 0 Å². The first-order chi connectivity index (χ1) is 18.1. The molecule has 3 fully saturated rings. The van der Waals surface area contributed by atoms with E-state index in [4.69, 9.17) is 4.74 Å². The topological polar surface area (TPSA) is 65.1 Å². The molecule has 2 aliphatic heterocycles. The molecule has 0 spiro atoms. The summed E-state index contributed by atoms with van der Waals surface area (Å²) < 4.78 is 44.3. The van der Waals surface area contributed by atoms with Crippen molar-refractivity contribution in [2.75, 3.05) is 63.6 Å². The smallest absolute Gasteiger partial charge is 0.416 e. The van der Waals surface area contributed by atoms with Gasteiger partial charge in [0, 0.05) is 62.5 Å². The fourth-order valence-electron chi connectivity index (χ4n) is 6.06. The monoisotopic (exact) mass is 530 g/mol. The first-order valence-corrected chi connectivity index (χ1v) is 13.0. The lowest BCUT2D eigenvalue weighted by atomic mass is 9.84. The van der Waals surface area contributed by atoms with E-state index in [-0.39, 0.29) is 35.1 Å². The number of hydrogen-bond donors (Lipinski definition) is 1. The third-order valence-electron chi connectivity index (χ3n) is 8.19. The minimum absolute atomic E-state index is 0.00255. The highest BCUT2D eigenvalue weighted by Crippen LogP contribution is 2.43. The van der Waals surface area contributed by atoms with E-state index in [1.54, 1.807) is 12.0 Å². The molecular weight excluding hydrogens is 497 g/mol. The van der Waals surface area contributed by atoms with Gasteiger partial charge in [-0.25, -0.2) is 0 Å². The Labute approximate surface area is 220 Å². The highest BCUT2D eigenvalue weighted by atomic mass is 19.4. The molecule has 2 amide bonds. The first kappa shape index (κ1) is 26.3. The molecule has 3 aliphatic rings. The molecule has 2 aromatic rings. The number of ether oxygens (including phenoxy) is 1. The molecule has 2 bridgehead atoms. The van der Waals surface area contributed by atoms with Crippen molar-refractivity contribution >= 4 is 23.2 Å². The van der Waals surface area contributed by atoms with Crippen molar-refractivity contribution in [2.45, 2.75) is 19.0 Å². The summed E-state index contributed by atoms with van der Waals surface area (Å²) in [5.41, 5.74) is 1.13. The lowest BCUT2D eigenvalue weighted by molar-refractivity contribution is -0.137. The van der Waals surface area contributed by atoms with Crippen LogP contribution in [0.1, 0.15) is 28.8 Å². The number of carbonyl (C=O) groups is 2. The number of fused-ring (bicyclic) bond motifs is 2. The van der Waals surface area contributed by atoms with Gasteiger partial charge in [-0.1, -0.05) is 0 Å². The van der Waals surface area contributed by atoms with E-state index < -0.39 is 11.7 Å². The summed E-state index contributed by atoms with van der Waals surface area (Å²) in [7, 11) is 3.70. The molecule has 204 valence electrons. The van der Waals surface area contributed by atoms with Crippen LogP contribution < -0.4 is 15.0 Å². The highest BCUT2D eigenvalue weighted by molar-refractivity contribution is 5.96. The molecule has 3 atom stereocenters. The Bertz CT molecular complexity index is 1160. The maximum absolute atomic E-state index is 13.4. The van der Waals surface area contributed by atoms with Gasteiger partial charge >= 0.3 is 6.18 Å². The molecular formula is C28H33F3N4O3. The van der Waals surface area contributed by atoms with E-state index in [9.17, 15) is 22.8 Å². The number of rotatable bonds is 5. The second-order valence-corrected chi connectivity index (χ2v) is 10.6. The van der Waals surface area contributed by atoms with Crippen molar-refractivity contribution in [3.8, 4) is 5.75 Å². The number of anilines is 2. The third-order valence-corrected chi connectivity index (χ3v) is 8.19. The van der Waals surface area contributed by atoms with E-state index in [1.165, 1.54) is 12.1 Å². The van der Waals surface area contributed by atoms with Crippen LogP contribution in [0.25, 0.3) is 0 Å². The Morgan fingerprint density at radius 1 is 0.947 bits per heavy atom. The van der Waals surface area contributed by atoms with Crippen LogP contribution in [0.3, 0.4) is 0 Å². The fourth-order valence-corrected chi connectivity index (χ4v) is 6.06. The Hall–Kier alpha value is -3.27. The SMILES string of the molecule is COc1cc(N2CCN(C)CC2)ccc1NC(=O)C1[C@@H]2CC[C@H]1CN(C(=O)c1ccc(C(F)(F)F)cc1)C2. The summed E-state index contributed by atoms with van der Waals surface area (Å²) in [6.45, 7) is 4.66. The number of nitrogens with zero attached hydrogens (tertiary/aromatic N) is 3. The summed E-state index contributed by atoms with van der Waals surface area (Å²) in [4.78, 5) is 32.7. The number of alkyl halides is 3. The van der Waals surface area contributed by atoms with Crippen LogP contribution in [0.5, 0.6) is 5.75 Å². The van der Waals surface area contributed by atoms with E-state index in [0.717, 1.165) is 56.8 Å². The first-order valence-electron chi connectivity index (χ1n) is 13.0. The van der Waals surface area contributed by atoms with Crippen molar-refractivity contribution in [1.82, 2.24) is 9.80 Å². The molecule has 1 saturated carbocycles. The van der Waals surface area contributed by atoms with Crippen LogP contribution in [-0.2, 0) is 11.0 Å². The van der Waals surface area contributed by atoms with Crippen LogP contribution in [-0.4, -0.2) is 75.0 Å². The van der Waals surface area contributed by atoms with Gasteiger partial charge in [0.2, 0.25) is 5.91 Å². The molecule has 10 heteroatoms. The fraction of sp³-hybridized carbons (Fsp3) is 0.500. The molecule has 38 heavy (non-hydrogen) atoms. The molecule has 0 radical (unpaired) electrons. The summed E-state index contributed by atoms with van der Waals surface area (Å²) in [5.74, 6) is 0.0108. The number of carbonyl (C=O) groups excluding carboxylic acids is 2. The van der Waals surface area contributed by atoms with Gasteiger partial charge in [0.25, 0.3) is 5.91 Å². The predicted octanol–water partition coefficient (Wildman–Crippen LogP) is 4.20. The maximum atomic E-state index is 13.4. The normalized spacial score (nSPS) is 23.9. The van der Waals surface area contributed by atoms with E-state index in [1.807, 2.05) is 18.2 Å². The molecule has 1 unspecified atom stereocenters. The van der Waals surface area contributed by atoms with Gasteiger partial charge in [-0.2, -0.15) is 13.2 Å². The Morgan fingerprint density at radius 3 is 2.16 bits per heavy atom. The minimum atomic E-state index is -4.44. The second-order valence-electron chi connectivity index (χ2n) is 10.6. The van der Waals surface area contributed by atoms with Gasteiger partial charge in [0.15, 0.2) is 0 Å². The van der Waals surface area contributed by atoms with E-state index in [2.05, 4.69) is 22.2 Å². The lowest BCUT2D eigenvalue weighted by Gasteiger charge is -2.37. The summed E-state index contributed by atoms with van der Waals surface area (Å²) in [6.07, 6.45) is -2.78. The van der Waals surface area contributed by atoms with Crippen molar-refractivity contribution in [3.63, 3.8) is 0 Å². The van der Waals surface area contributed by atoms with Gasteiger partial charge in [-0.3, -0.25) is 9.59 Å². The zero-order chi connectivity index (χ0) is 27.0. The number of piperidine rings is 1. The lowest BCUT2D eigenvalue weighted by Crippen LogP contribution is -2.48. The van der Waals surface area contributed by atoms with Gasteiger partial charge in [-0.05, 0) is 68.1 Å². The van der Waals surface area contributed by atoms with Crippen LogP contribution in [0, 0.1) is 17.8 Å². The molecule has 2 aromatic carbocycles. The number of likely N-dealkylation sites (N-methyl/N-ethyl adjacent to an activating group) is 1. The third kappa shape index (κ3) is 5.32. The summed E-state index contributed by atoms with van der Waals surface area (Å²) in [5, 5.41) is 3.06. The number of amides is 2. The average Bonchev–Trinajstić information content (AvgIpc) is 3.18. The van der Waals surface area contributed by atoms with Gasteiger partial charge < -0.3 is 24.8 Å². The quantitative estimate of drug-likeness (QED) is 0.628. The number of likely N-dealkylation sites (tertiary alicyclic amines) is 1. The summed E-state index contributed by atoms with van der Waals surface area (Å²) >= 11 is 0. The number of halogens is 3. The van der Waals surface area contributed by atoms with Crippen molar-refractivity contribution in [1.29, 1.82) is 0 Å². The number of hydrogen-bond acceptors (Lipinski definition) is 5. The van der Waals surface area contributed by atoms with Gasteiger partial charge in [0.05, 0.1) is 18.4 Å². The largest absolute Gasteiger partial charge is 0.494 e. The van der Waals surface area contributed by atoms with Crippen molar-refractivity contribution < 1.29 is 27.5 Å². The van der Waals surface area contributed by atoms with E-state index >= 15 is 0 Å². The zero-order valence-electron chi connectivity index (χ0n) is 21.6. The summed E-state index contributed by atoms with van der Waals surface area (Å²) in [6, 6.07) is 10.2. The Balaban J connectivity index is 1.24. The van der Waals surface area contributed by atoms with Crippen LogP contribution >= 0.6 is 0 Å². The van der Waals surface area contributed by atoms with Crippen LogP contribution in [0.15, 0.2) is 42.5 Å².